The number of carbonyl (C=O) groups is 1. The second-order valence-electron chi connectivity index (χ2n) is 5.77. The average molecular weight is 342 g/mol. The standard InChI is InChI=1S/C15H17F3N4O2/c1-3-9-7-12(24-20-9)10-5-4-6-22(10)14(23)11-8-13(15(16,17)18)19-21(11)2/h7-8,10H,3-6H2,1-2H3. The summed E-state index contributed by atoms with van der Waals surface area (Å²) in [6, 6.07) is 2.27. The highest BCUT2D eigenvalue weighted by molar-refractivity contribution is 5.93. The van der Waals surface area contributed by atoms with Gasteiger partial charge in [0.25, 0.3) is 5.91 Å². The summed E-state index contributed by atoms with van der Waals surface area (Å²) in [7, 11) is 1.33. The number of carbonyl (C=O) groups excluding carboxylic acids is 1. The van der Waals surface area contributed by atoms with Gasteiger partial charge in [0.2, 0.25) is 0 Å². The molecule has 9 heteroatoms. The van der Waals surface area contributed by atoms with Crippen molar-refractivity contribution < 1.29 is 22.5 Å². The molecule has 0 bridgehead atoms. The molecule has 1 saturated heterocycles. The second kappa shape index (κ2) is 5.95. The van der Waals surface area contributed by atoms with Crippen molar-refractivity contribution >= 4 is 5.91 Å². The Hall–Kier alpha value is -2.32. The number of rotatable bonds is 3. The summed E-state index contributed by atoms with van der Waals surface area (Å²) in [6.07, 6.45) is -2.43. The minimum atomic E-state index is -4.58. The maximum absolute atomic E-state index is 12.8. The van der Waals surface area contributed by atoms with E-state index in [1.807, 2.05) is 6.92 Å². The van der Waals surface area contributed by atoms with Crippen molar-refractivity contribution in [2.24, 2.45) is 7.05 Å². The van der Waals surface area contributed by atoms with Crippen LogP contribution in [0.2, 0.25) is 0 Å². The third-order valence-electron chi connectivity index (χ3n) is 4.17. The van der Waals surface area contributed by atoms with Crippen LogP contribution in [0.5, 0.6) is 0 Å². The van der Waals surface area contributed by atoms with Gasteiger partial charge in [-0.3, -0.25) is 9.48 Å². The van der Waals surface area contributed by atoms with Gasteiger partial charge < -0.3 is 9.42 Å². The SMILES string of the molecule is CCc1cc(C2CCCN2C(=O)c2cc(C(F)(F)F)nn2C)on1. The van der Waals surface area contributed by atoms with Crippen LogP contribution in [0.15, 0.2) is 16.7 Å². The molecule has 2 aromatic heterocycles. The highest BCUT2D eigenvalue weighted by atomic mass is 19.4. The zero-order chi connectivity index (χ0) is 17.5. The number of aryl methyl sites for hydroxylation is 2. The third kappa shape index (κ3) is 2.90. The largest absolute Gasteiger partial charge is 0.435 e. The number of likely N-dealkylation sites (tertiary alicyclic amines) is 1. The van der Waals surface area contributed by atoms with Crippen LogP contribution in [0.4, 0.5) is 13.2 Å². The fourth-order valence-corrected chi connectivity index (χ4v) is 2.91. The Morgan fingerprint density at radius 2 is 2.17 bits per heavy atom. The van der Waals surface area contributed by atoms with Gasteiger partial charge in [0.1, 0.15) is 5.69 Å². The van der Waals surface area contributed by atoms with Crippen molar-refractivity contribution in [1.82, 2.24) is 19.8 Å². The molecule has 1 atom stereocenters. The molecule has 1 aliphatic rings. The maximum Gasteiger partial charge on any atom is 0.435 e. The molecule has 3 heterocycles. The molecule has 24 heavy (non-hydrogen) atoms. The molecule has 0 spiro atoms. The summed E-state index contributed by atoms with van der Waals surface area (Å²) in [5, 5.41) is 7.32. The van der Waals surface area contributed by atoms with Crippen LogP contribution in [0.25, 0.3) is 0 Å². The molecule has 0 N–H and O–H groups in total. The van der Waals surface area contributed by atoms with Crippen LogP contribution < -0.4 is 0 Å². The lowest BCUT2D eigenvalue weighted by molar-refractivity contribution is -0.141. The highest BCUT2D eigenvalue weighted by Gasteiger charge is 2.38. The van der Waals surface area contributed by atoms with E-state index in [4.69, 9.17) is 4.52 Å². The predicted molar refractivity (Wildman–Crippen MR) is 77.1 cm³/mol. The second-order valence-corrected chi connectivity index (χ2v) is 5.77. The molecule has 2 aromatic rings. The monoisotopic (exact) mass is 342 g/mol. The van der Waals surface area contributed by atoms with E-state index < -0.39 is 17.8 Å². The Morgan fingerprint density at radius 3 is 2.75 bits per heavy atom. The normalized spacial score (nSPS) is 18.4. The first-order chi connectivity index (χ1) is 11.3. The minimum absolute atomic E-state index is 0.0931. The molecule has 1 fully saturated rings. The van der Waals surface area contributed by atoms with E-state index in [0.29, 0.717) is 25.1 Å². The lowest BCUT2D eigenvalue weighted by atomic mass is 10.1. The molecule has 0 aromatic carbocycles. The number of nitrogens with zero attached hydrogens (tertiary/aromatic N) is 4. The van der Waals surface area contributed by atoms with E-state index in [-0.39, 0.29) is 11.7 Å². The van der Waals surface area contributed by atoms with Crippen LogP contribution in [0.3, 0.4) is 0 Å². The number of hydrogen-bond donors (Lipinski definition) is 0. The Balaban J connectivity index is 1.87. The molecule has 130 valence electrons. The Kier molecular flexibility index (Phi) is 4.10. The van der Waals surface area contributed by atoms with Gasteiger partial charge in [-0.1, -0.05) is 12.1 Å². The topological polar surface area (TPSA) is 64.2 Å². The van der Waals surface area contributed by atoms with Gasteiger partial charge >= 0.3 is 6.18 Å². The van der Waals surface area contributed by atoms with Crippen molar-refractivity contribution in [3.05, 3.63) is 35.0 Å². The number of amides is 1. The highest BCUT2D eigenvalue weighted by Crippen LogP contribution is 2.34. The van der Waals surface area contributed by atoms with Crippen LogP contribution in [0, 0.1) is 0 Å². The number of aromatic nitrogens is 3. The summed E-state index contributed by atoms with van der Waals surface area (Å²) in [4.78, 5) is 14.2. The fourth-order valence-electron chi connectivity index (χ4n) is 2.91. The fraction of sp³-hybridized carbons (Fsp3) is 0.533. The smallest absolute Gasteiger partial charge is 0.359 e. The molecular weight excluding hydrogens is 325 g/mol. The molecule has 6 nitrogen and oxygen atoms in total. The van der Waals surface area contributed by atoms with Gasteiger partial charge in [-0.2, -0.15) is 18.3 Å². The van der Waals surface area contributed by atoms with Crippen molar-refractivity contribution in [3.63, 3.8) is 0 Å². The lowest BCUT2D eigenvalue weighted by Crippen LogP contribution is -2.31. The van der Waals surface area contributed by atoms with Crippen LogP contribution in [0.1, 0.15) is 53.4 Å². The summed E-state index contributed by atoms with van der Waals surface area (Å²) in [5.74, 6) is 0.0772. The van der Waals surface area contributed by atoms with Gasteiger partial charge in [-0.25, -0.2) is 0 Å². The van der Waals surface area contributed by atoms with Crippen LogP contribution >= 0.6 is 0 Å². The Bertz CT molecular complexity index is 750. The number of halogens is 3. The first kappa shape index (κ1) is 16.5. The van der Waals surface area contributed by atoms with E-state index in [1.54, 1.807) is 6.07 Å². The van der Waals surface area contributed by atoms with Gasteiger partial charge in [-0.05, 0) is 19.3 Å². The number of alkyl halides is 3. The van der Waals surface area contributed by atoms with E-state index in [0.717, 1.165) is 22.9 Å². The van der Waals surface area contributed by atoms with Gasteiger partial charge in [0.15, 0.2) is 11.5 Å². The molecule has 1 aliphatic heterocycles. The quantitative estimate of drug-likeness (QED) is 0.860. The third-order valence-corrected chi connectivity index (χ3v) is 4.17. The summed E-state index contributed by atoms with van der Waals surface area (Å²) in [5.41, 5.74) is -0.384. The van der Waals surface area contributed by atoms with E-state index >= 15 is 0 Å². The zero-order valence-electron chi connectivity index (χ0n) is 13.3. The van der Waals surface area contributed by atoms with Gasteiger partial charge in [0, 0.05) is 25.7 Å². The van der Waals surface area contributed by atoms with Crippen molar-refractivity contribution in [3.8, 4) is 0 Å². The Labute approximate surface area is 136 Å². The molecule has 0 radical (unpaired) electrons. The van der Waals surface area contributed by atoms with Crippen LogP contribution in [-0.4, -0.2) is 32.3 Å². The first-order valence-electron chi connectivity index (χ1n) is 7.69. The predicted octanol–water partition coefficient (Wildman–Crippen LogP) is 2.97. The molecule has 0 saturated carbocycles. The van der Waals surface area contributed by atoms with Crippen molar-refractivity contribution in [1.29, 1.82) is 0 Å². The maximum atomic E-state index is 12.8. The molecular formula is C15H17F3N4O2. The molecule has 1 unspecified atom stereocenters. The van der Waals surface area contributed by atoms with Crippen LogP contribution in [-0.2, 0) is 19.6 Å². The minimum Gasteiger partial charge on any atom is -0.359 e. The zero-order valence-corrected chi connectivity index (χ0v) is 13.3. The van der Waals surface area contributed by atoms with Crippen molar-refractivity contribution in [2.45, 2.75) is 38.4 Å². The summed E-state index contributed by atoms with van der Waals surface area (Å²) >= 11 is 0. The van der Waals surface area contributed by atoms with E-state index in [2.05, 4.69) is 10.3 Å². The molecule has 1 amide bonds. The van der Waals surface area contributed by atoms with E-state index in [9.17, 15) is 18.0 Å². The summed E-state index contributed by atoms with van der Waals surface area (Å²) in [6.45, 7) is 2.39. The van der Waals surface area contributed by atoms with Gasteiger partial charge in [0.05, 0.1) is 11.7 Å². The Morgan fingerprint density at radius 1 is 1.42 bits per heavy atom. The first-order valence-corrected chi connectivity index (χ1v) is 7.69. The van der Waals surface area contributed by atoms with Crippen molar-refractivity contribution in [2.75, 3.05) is 6.54 Å². The molecule has 0 aliphatic carbocycles. The summed E-state index contributed by atoms with van der Waals surface area (Å²) < 4.78 is 44.6. The average Bonchev–Trinajstić information content (AvgIpc) is 3.24. The lowest BCUT2D eigenvalue weighted by Gasteiger charge is -2.22. The van der Waals surface area contributed by atoms with E-state index in [1.165, 1.54) is 11.9 Å². The van der Waals surface area contributed by atoms with Gasteiger partial charge in [-0.15, -0.1) is 0 Å². The number of hydrogen-bond acceptors (Lipinski definition) is 4. The molecule has 3 rings (SSSR count).